The monoisotopic (exact) mass is 342 g/mol. The molecule has 0 unspecified atom stereocenters. The van der Waals surface area contributed by atoms with E-state index in [0.29, 0.717) is 18.0 Å². The summed E-state index contributed by atoms with van der Waals surface area (Å²) in [6, 6.07) is 13.8. The van der Waals surface area contributed by atoms with Crippen molar-refractivity contribution in [2.75, 3.05) is 6.61 Å². The fraction of sp³-hybridized carbons (Fsp3) is 0.118. The van der Waals surface area contributed by atoms with Crippen LogP contribution in [0.4, 0.5) is 4.39 Å². The van der Waals surface area contributed by atoms with E-state index in [9.17, 15) is 4.39 Å². The van der Waals surface area contributed by atoms with Gasteiger partial charge in [0.1, 0.15) is 11.6 Å². The van der Waals surface area contributed by atoms with Crippen molar-refractivity contribution in [3.63, 3.8) is 0 Å². The van der Waals surface area contributed by atoms with Crippen LogP contribution in [0.25, 0.3) is 11.4 Å². The van der Waals surface area contributed by atoms with Crippen molar-refractivity contribution in [3.05, 3.63) is 64.7 Å². The third-order valence-corrected chi connectivity index (χ3v) is 3.54. The molecule has 0 atom stereocenters. The Hall–Kier alpha value is -2.80. The molecule has 122 valence electrons. The molecule has 0 amide bonds. The second-order valence-corrected chi connectivity index (χ2v) is 5.28. The highest BCUT2D eigenvalue weighted by atomic mass is 32.1. The van der Waals surface area contributed by atoms with E-state index < -0.39 is 0 Å². The largest absolute Gasteiger partial charge is 0.494 e. The van der Waals surface area contributed by atoms with E-state index in [1.165, 1.54) is 10.7 Å². The highest BCUT2D eigenvalue weighted by Gasteiger charge is 2.12. The van der Waals surface area contributed by atoms with Crippen molar-refractivity contribution in [1.82, 2.24) is 14.9 Å². The van der Waals surface area contributed by atoms with Gasteiger partial charge in [0, 0.05) is 0 Å². The number of halogens is 1. The lowest BCUT2D eigenvalue weighted by Gasteiger charge is -2.03. The molecule has 0 saturated heterocycles. The molecule has 24 heavy (non-hydrogen) atoms. The fourth-order valence-electron chi connectivity index (χ4n) is 2.16. The van der Waals surface area contributed by atoms with Crippen LogP contribution in [0.15, 0.2) is 53.6 Å². The molecule has 1 N–H and O–H groups in total. The van der Waals surface area contributed by atoms with Gasteiger partial charge in [-0.3, -0.25) is 0 Å². The molecule has 3 rings (SSSR count). The van der Waals surface area contributed by atoms with Gasteiger partial charge in [-0.1, -0.05) is 12.1 Å². The zero-order chi connectivity index (χ0) is 16.9. The first kappa shape index (κ1) is 16.1. The Balaban J connectivity index is 1.92. The predicted molar refractivity (Wildman–Crippen MR) is 93.4 cm³/mol. The van der Waals surface area contributed by atoms with Crippen molar-refractivity contribution in [2.24, 2.45) is 5.10 Å². The number of nitrogens with zero attached hydrogens (tertiary/aromatic N) is 3. The second-order valence-electron chi connectivity index (χ2n) is 4.89. The first-order chi connectivity index (χ1) is 11.7. The number of hydrogen-bond acceptors (Lipinski definition) is 4. The zero-order valence-corrected chi connectivity index (χ0v) is 13.8. The summed E-state index contributed by atoms with van der Waals surface area (Å²) in [6.45, 7) is 2.55. The molecule has 0 aliphatic carbocycles. The van der Waals surface area contributed by atoms with Crippen LogP contribution in [0.5, 0.6) is 5.75 Å². The molecule has 0 spiro atoms. The van der Waals surface area contributed by atoms with Crippen molar-refractivity contribution in [3.8, 4) is 17.1 Å². The average molecular weight is 342 g/mol. The second kappa shape index (κ2) is 7.18. The van der Waals surface area contributed by atoms with Crippen LogP contribution in [-0.4, -0.2) is 27.7 Å². The summed E-state index contributed by atoms with van der Waals surface area (Å²) in [6.07, 6.45) is 1.63. The molecule has 1 heterocycles. The highest BCUT2D eigenvalue weighted by molar-refractivity contribution is 7.71. The van der Waals surface area contributed by atoms with E-state index in [-0.39, 0.29) is 10.6 Å². The number of rotatable bonds is 5. The lowest BCUT2D eigenvalue weighted by Crippen LogP contribution is -1.97. The maximum Gasteiger partial charge on any atom is 0.216 e. The number of benzene rings is 2. The molecule has 3 aromatic rings. The van der Waals surface area contributed by atoms with Crippen LogP contribution in [0.1, 0.15) is 12.5 Å². The lowest BCUT2D eigenvalue weighted by molar-refractivity contribution is 0.340. The van der Waals surface area contributed by atoms with Crippen molar-refractivity contribution >= 4 is 18.4 Å². The summed E-state index contributed by atoms with van der Waals surface area (Å²) in [5, 5.41) is 11.0. The van der Waals surface area contributed by atoms with Crippen LogP contribution >= 0.6 is 12.2 Å². The fourth-order valence-corrected chi connectivity index (χ4v) is 2.34. The average Bonchev–Trinajstić information content (AvgIpc) is 2.96. The first-order valence-corrected chi connectivity index (χ1v) is 7.79. The first-order valence-electron chi connectivity index (χ1n) is 7.38. The number of H-pyrrole nitrogens is 1. The number of nitrogens with one attached hydrogen (secondary N) is 1. The van der Waals surface area contributed by atoms with Gasteiger partial charge in [-0.15, -0.1) is 0 Å². The van der Waals surface area contributed by atoms with Gasteiger partial charge in [-0.2, -0.15) is 14.9 Å². The van der Waals surface area contributed by atoms with E-state index in [1.54, 1.807) is 24.4 Å². The molecule has 5 nitrogen and oxygen atoms in total. The van der Waals surface area contributed by atoms with E-state index in [2.05, 4.69) is 15.3 Å². The molecule has 7 heteroatoms. The quantitative estimate of drug-likeness (QED) is 0.563. The maximum atomic E-state index is 14.0. The number of aromatic nitrogens is 3. The standard InChI is InChI=1S/C17H15FN4OS/c1-2-23-13-9-7-12(8-10-13)11-19-22-16(20-21-17(22)24)14-5-3-4-6-15(14)18/h3-11H,2H2,1H3,(H,21,24)/b19-11-. The lowest BCUT2D eigenvalue weighted by atomic mass is 10.2. The summed E-state index contributed by atoms with van der Waals surface area (Å²) in [5.41, 5.74) is 1.19. The van der Waals surface area contributed by atoms with Crippen LogP contribution in [-0.2, 0) is 0 Å². The number of ether oxygens (including phenoxy) is 1. The van der Waals surface area contributed by atoms with Gasteiger partial charge >= 0.3 is 0 Å². The van der Waals surface area contributed by atoms with Crippen LogP contribution in [0.3, 0.4) is 0 Å². The third kappa shape index (κ3) is 3.41. The minimum Gasteiger partial charge on any atom is -0.494 e. The molecular weight excluding hydrogens is 327 g/mol. The summed E-state index contributed by atoms with van der Waals surface area (Å²) < 4.78 is 21.1. The summed E-state index contributed by atoms with van der Waals surface area (Å²) in [5.74, 6) is 0.728. The van der Waals surface area contributed by atoms with Gasteiger partial charge in [0.05, 0.1) is 18.4 Å². The Morgan fingerprint density at radius 1 is 1.25 bits per heavy atom. The topological polar surface area (TPSA) is 55.2 Å². The molecule has 2 aromatic carbocycles. The Kier molecular flexibility index (Phi) is 4.81. The molecule has 0 saturated carbocycles. The minimum absolute atomic E-state index is 0.287. The van der Waals surface area contributed by atoms with Gasteiger partial charge < -0.3 is 4.74 Å². The predicted octanol–water partition coefficient (Wildman–Crippen LogP) is 4.03. The summed E-state index contributed by atoms with van der Waals surface area (Å²) in [4.78, 5) is 0. The van der Waals surface area contributed by atoms with Crippen LogP contribution in [0, 0.1) is 10.6 Å². The zero-order valence-electron chi connectivity index (χ0n) is 12.9. The Bertz CT molecular complexity index is 915. The molecule has 1 aromatic heterocycles. The van der Waals surface area contributed by atoms with Crippen molar-refractivity contribution in [2.45, 2.75) is 6.92 Å². The molecular formula is C17H15FN4OS. The van der Waals surface area contributed by atoms with Crippen molar-refractivity contribution in [1.29, 1.82) is 0 Å². The van der Waals surface area contributed by atoms with E-state index in [4.69, 9.17) is 17.0 Å². The Morgan fingerprint density at radius 3 is 2.71 bits per heavy atom. The third-order valence-electron chi connectivity index (χ3n) is 3.28. The number of aromatic amines is 1. The highest BCUT2D eigenvalue weighted by Crippen LogP contribution is 2.20. The van der Waals surface area contributed by atoms with Crippen LogP contribution in [0.2, 0.25) is 0 Å². The van der Waals surface area contributed by atoms with E-state index >= 15 is 0 Å². The van der Waals surface area contributed by atoms with Gasteiger partial charge in [0.2, 0.25) is 4.77 Å². The normalized spacial score (nSPS) is 11.1. The van der Waals surface area contributed by atoms with Crippen molar-refractivity contribution < 1.29 is 9.13 Å². The molecule has 0 radical (unpaired) electrons. The smallest absolute Gasteiger partial charge is 0.216 e. The Labute approximate surface area is 143 Å². The molecule has 0 bridgehead atoms. The maximum absolute atomic E-state index is 14.0. The van der Waals surface area contributed by atoms with Gasteiger partial charge in [0.15, 0.2) is 5.82 Å². The van der Waals surface area contributed by atoms with Gasteiger partial charge in [0.25, 0.3) is 0 Å². The van der Waals surface area contributed by atoms with Crippen LogP contribution < -0.4 is 4.74 Å². The SMILES string of the molecule is CCOc1ccc(/C=N\n2c(-c3ccccc3F)n[nH]c2=S)cc1. The number of hydrogen-bond donors (Lipinski definition) is 1. The minimum atomic E-state index is -0.385. The summed E-state index contributed by atoms with van der Waals surface area (Å²) in [7, 11) is 0. The molecule has 0 fully saturated rings. The van der Waals surface area contributed by atoms with E-state index in [0.717, 1.165) is 11.3 Å². The Morgan fingerprint density at radius 2 is 2.00 bits per heavy atom. The summed E-state index contributed by atoms with van der Waals surface area (Å²) >= 11 is 5.18. The molecule has 0 aliphatic rings. The van der Waals surface area contributed by atoms with Gasteiger partial charge in [-0.05, 0) is 61.1 Å². The van der Waals surface area contributed by atoms with E-state index in [1.807, 2.05) is 31.2 Å². The van der Waals surface area contributed by atoms with Gasteiger partial charge in [-0.25, -0.2) is 9.49 Å². The molecule has 0 aliphatic heterocycles.